The molecule has 0 saturated carbocycles. The van der Waals surface area contributed by atoms with Gasteiger partial charge < -0.3 is 9.42 Å². The van der Waals surface area contributed by atoms with Crippen molar-refractivity contribution in [1.82, 2.24) is 10.1 Å². The van der Waals surface area contributed by atoms with E-state index < -0.39 is 18.1 Å². The van der Waals surface area contributed by atoms with Gasteiger partial charge in [-0.05, 0) is 36.1 Å². The summed E-state index contributed by atoms with van der Waals surface area (Å²) in [6, 6.07) is 5.60. The molecular formula is C19H20F3N3O3. The van der Waals surface area contributed by atoms with Crippen molar-refractivity contribution in [3.05, 3.63) is 30.2 Å². The largest absolute Gasteiger partial charge is 0.471 e. The van der Waals surface area contributed by atoms with E-state index in [-0.39, 0.29) is 29.4 Å². The first kappa shape index (κ1) is 20.0. The number of rotatable bonds is 4. The number of alkyl halides is 3. The van der Waals surface area contributed by atoms with Gasteiger partial charge in [-0.2, -0.15) is 18.2 Å². The normalized spacial score (nSPS) is 18.0. The minimum Gasteiger partial charge on any atom is -0.329 e. The lowest BCUT2D eigenvalue weighted by Gasteiger charge is -2.27. The summed E-state index contributed by atoms with van der Waals surface area (Å²) in [7, 11) is 0. The van der Waals surface area contributed by atoms with E-state index in [0.717, 1.165) is 0 Å². The Kier molecular flexibility index (Phi) is 5.03. The van der Waals surface area contributed by atoms with Crippen LogP contribution < -0.4 is 4.90 Å². The monoisotopic (exact) mass is 395 g/mol. The van der Waals surface area contributed by atoms with Gasteiger partial charge in [-0.3, -0.25) is 9.59 Å². The lowest BCUT2D eigenvalue weighted by Crippen LogP contribution is -2.40. The second-order valence-electron chi connectivity index (χ2n) is 7.99. The zero-order valence-corrected chi connectivity index (χ0v) is 15.7. The van der Waals surface area contributed by atoms with E-state index in [4.69, 9.17) is 0 Å². The Hall–Kier alpha value is -2.71. The highest BCUT2D eigenvalue weighted by Crippen LogP contribution is 2.33. The maximum Gasteiger partial charge on any atom is 0.471 e. The minimum atomic E-state index is -4.71. The molecule has 2 heterocycles. The van der Waals surface area contributed by atoms with E-state index in [9.17, 15) is 22.8 Å². The average molecular weight is 395 g/mol. The Bertz CT molecular complexity index is 882. The highest BCUT2D eigenvalue weighted by molar-refractivity contribution is 6.04. The highest BCUT2D eigenvalue weighted by atomic mass is 19.4. The number of aromatic nitrogens is 2. The first-order valence-electron chi connectivity index (χ1n) is 8.82. The molecule has 0 bridgehead atoms. The van der Waals surface area contributed by atoms with E-state index in [2.05, 4.69) is 14.7 Å². The molecule has 0 radical (unpaired) electrons. The van der Waals surface area contributed by atoms with Crippen LogP contribution in [-0.4, -0.2) is 27.9 Å². The maximum atomic E-state index is 12.6. The molecule has 1 atom stereocenters. The molecule has 1 aliphatic heterocycles. The van der Waals surface area contributed by atoms with E-state index in [1.54, 1.807) is 12.1 Å². The van der Waals surface area contributed by atoms with Crippen LogP contribution in [0.1, 0.15) is 45.9 Å². The number of carbonyl (C=O) groups is 2. The van der Waals surface area contributed by atoms with Crippen molar-refractivity contribution in [2.45, 2.75) is 52.3 Å². The molecule has 1 aromatic carbocycles. The molecule has 0 aliphatic carbocycles. The van der Waals surface area contributed by atoms with Crippen molar-refractivity contribution in [2.75, 3.05) is 4.90 Å². The number of amides is 1. The molecule has 6 nitrogen and oxygen atoms in total. The number of carbonyl (C=O) groups excluding carboxylic acids is 2. The fourth-order valence-electron chi connectivity index (χ4n) is 3.18. The van der Waals surface area contributed by atoms with Gasteiger partial charge in [-0.15, -0.1) is 0 Å². The van der Waals surface area contributed by atoms with Gasteiger partial charge in [-0.25, -0.2) is 0 Å². The summed E-state index contributed by atoms with van der Waals surface area (Å²) in [5.41, 5.74) is 0.637. The quantitative estimate of drug-likeness (QED) is 0.773. The fraction of sp³-hybridized carbons (Fsp3) is 0.474. The Morgan fingerprint density at radius 3 is 2.39 bits per heavy atom. The molecule has 1 aromatic heterocycles. The van der Waals surface area contributed by atoms with Crippen LogP contribution in [0.5, 0.6) is 0 Å². The number of halogens is 3. The lowest BCUT2D eigenvalue weighted by atomic mass is 9.87. The van der Waals surface area contributed by atoms with Crippen molar-refractivity contribution in [3.63, 3.8) is 0 Å². The summed E-state index contributed by atoms with van der Waals surface area (Å²) < 4.78 is 42.0. The minimum absolute atomic E-state index is 0.00425. The third kappa shape index (κ3) is 4.23. The second-order valence-corrected chi connectivity index (χ2v) is 7.99. The molecule has 9 heteroatoms. The topological polar surface area (TPSA) is 76.3 Å². The van der Waals surface area contributed by atoms with E-state index in [0.29, 0.717) is 24.1 Å². The van der Waals surface area contributed by atoms with Gasteiger partial charge in [0.25, 0.3) is 0 Å². The fourth-order valence-corrected chi connectivity index (χ4v) is 3.18. The SMILES string of the molecule is CC(C)(C)CC(=O)[C@@H]1CCC(=O)N1c1ccc(-c2noc(C(F)(F)F)n2)cc1. The van der Waals surface area contributed by atoms with Gasteiger partial charge in [0.05, 0.1) is 6.04 Å². The molecular weight excluding hydrogens is 375 g/mol. The number of Topliss-reactive ketones (excluding diaryl/α,β-unsaturated/α-hetero) is 1. The van der Waals surface area contributed by atoms with Crippen LogP contribution in [0.25, 0.3) is 11.4 Å². The van der Waals surface area contributed by atoms with Crippen LogP contribution in [0, 0.1) is 5.41 Å². The molecule has 1 aliphatic rings. The zero-order valence-electron chi connectivity index (χ0n) is 15.7. The predicted octanol–water partition coefficient (Wildman–Crippen LogP) is 4.26. The van der Waals surface area contributed by atoms with Gasteiger partial charge in [0, 0.05) is 24.1 Å². The van der Waals surface area contributed by atoms with Gasteiger partial charge >= 0.3 is 12.1 Å². The van der Waals surface area contributed by atoms with Gasteiger partial charge in [0.1, 0.15) is 0 Å². The van der Waals surface area contributed by atoms with Crippen molar-refractivity contribution in [1.29, 1.82) is 0 Å². The average Bonchev–Trinajstić information content (AvgIpc) is 3.20. The van der Waals surface area contributed by atoms with Crippen LogP contribution in [0.3, 0.4) is 0 Å². The number of anilines is 1. The van der Waals surface area contributed by atoms with Gasteiger partial charge in [-0.1, -0.05) is 25.9 Å². The molecule has 0 N–H and O–H groups in total. The molecule has 1 saturated heterocycles. The zero-order chi connectivity index (χ0) is 20.7. The van der Waals surface area contributed by atoms with Crippen LogP contribution in [-0.2, 0) is 15.8 Å². The summed E-state index contributed by atoms with van der Waals surface area (Å²) in [6.45, 7) is 5.88. The van der Waals surface area contributed by atoms with Gasteiger partial charge in [0.15, 0.2) is 5.78 Å². The van der Waals surface area contributed by atoms with E-state index in [1.807, 2.05) is 20.8 Å². The number of ketones is 1. The summed E-state index contributed by atoms with van der Waals surface area (Å²) in [4.78, 5) is 29.8. The van der Waals surface area contributed by atoms with Crippen molar-refractivity contribution >= 4 is 17.4 Å². The molecule has 150 valence electrons. The van der Waals surface area contributed by atoms with Crippen LogP contribution >= 0.6 is 0 Å². The molecule has 1 amide bonds. The Morgan fingerprint density at radius 1 is 1.21 bits per heavy atom. The summed E-state index contributed by atoms with van der Waals surface area (Å²) >= 11 is 0. The molecule has 3 rings (SSSR count). The molecule has 28 heavy (non-hydrogen) atoms. The number of hydrogen-bond acceptors (Lipinski definition) is 5. The van der Waals surface area contributed by atoms with Crippen LogP contribution in [0.15, 0.2) is 28.8 Å². The van der Waals surface area contributed by atoms with Crippen molar-refractivity contribution in [2.24, 2.45) is 5.41 Å². The molecule has 1 fully saturated rings. The third-order valence-electron chi connectivity index (χ3n) is 4.36. The Labute approximate surface area is 159 Å². The van der Waals surface area contributed by atoms with Crippen molar-refractivity contribution < 1.29 is 27.3 Å². The van der Waals surface area contributed by atoms with Crippen LogP contribution in [0.2, 0.25) is 0 Å². The summed E-state index contributed by atoms with van der Waals surface area (Å²) in [6.07, 6.45) is -3.63. The molecule has 2 aromatic rings. The van der Waals surface area contributed by atoms with Crippen LogP contribution in [0.4, 0.5) is 18.9 Å². The Balaban J connectivity index is 1.82. The standard InChI is InChI=1S/C19H20F3N3O3/c1-18(2,3)10-14(26)13-8-9-15(27)25(13)12-6-4-11(5-7-12)16-23-17(28-24-16)19(20,21)22/h4-7,13H,8-10H2,1-3H3/t13-/m0/s1. The smallest absolute Gasteiger partial charge is 0.329 e. The van der Waals surface area contributed by atoms with E-state index in [1.165, 1.54) is 17.0 Å². The maximum absolute atomic E-state index is 12.6. The summed E-state index contributed by atoms with van der Waals surface area (Å²) in [5, 5.41) is 3.34. The number of nitrogens with zero attached hydrogens (tertiary/aromatic N) is 3. The number of hydrogen-bond donors (Lipinski definition) is 0. The summed E-state index contributed by atoms with van der Waals surface area (Å²) in [5.74, 6) is -1.78. The predicted molar refractivity (Wildman–Crippen MR) is 94.3 cm³/mol. The highest BCUT2D eigenvalue weighted by Gasteiger charge is 2.39. The lowest BCUT2D eigenvalue weighted by molar-refractivity contribution is -0.159. The van der Waals surface area contributed by atoms with Crippen molar-refractivity contribution in [3.8, 4) is 11.4 Å². The molecule has 0 unspecified atom stereocenters. The number of benzene rings is 1. The Morgan fingerprint density at radius 2 is 1.86 bits per heavy atom. The van der Waals surface area contributed by atoms with Gasteiger partial charge in [0.2, 0.25) is 11.7 Å². The van der Waals surface area contributed by atoms with E-state index >= 15 is 0 Å². The molecule has 0 spiro atoms. The first-order valence-corrected chi connectivity index (χ1v) is 8.82. The second kappa shape index (κ2) is 7.03. The first-order chi connectivity index (χ1) is 13.0. The third-order valence-corrected chi connectivity index (χ3v) is 4.36.